The maximum atomic E-state index is 2.40. The van der Waals surface area contributed by atoms with Crippen LogP contribution < -0.4 is 0 Å². The molecule has 26 aromatic carbocycles. The van der Waals surface area contributed by atoms with E-state index >= 15 is 0 Å². The van der Waals surface area contributed by atoms with Crippen LogP contribution in [0.5, 0.6) is 0 Å². The molecule has 0 amide bonds. The molecule has 0 aliphatic carbocycles. The Morgan fingerprint density at radius 1 is 0.0902 bits per heavy atom. The van der Waals surface area contributed by atoms with Crippen LogP contribution in [0.25, 0.3) is 250 Å². The predicted molar refractivity (Wildman–Crippen MR) is 529 cm³/mol. The highest BCUT2D eigenvalue weighted by Gasteiger charge is 2.25. The molecule has 0 bridgehead atoms. The smallest absolute Gasteiger partial charge is 0.00199 e. The lowest BCUT2D eigenvalue weighted by Crippen LogP contribution is -1.93. The van der Waals surface area contributed by atoms with Gasteiger partial charge in [0.25, 0.3) is 0 Å². The van der Waals surface area contributed by atoms with E-state index < -0.39 is 0 Å². The number of fused-ring (bicyclic) bond motifs is 16. The van der Waals surface area contributed by atoms with Gasteiger partial charge in [-0.25, -0.2) is 0 Å². The minimum Gasteiger partial charge on any atom is -0.0622 e. The molecule has 26 aromatic rings. The molecule has 0 aliphatic rings. The molecule has 122 heavy (non-hydrogen) atoms. The summed E-state index contributed by atoms with van der Waals surface area (Å²) in [5, 5.41) is 41.3. The summed E-state index contributed by atoms with van der Waals surface area (Å²) >= 11 is 0. The summed E-state index contributed by atoms with van der Waals surface area (Å²) in [6.07, 6.45) is 0. The molecule has 0 unspecified atom stereocenters. The fourth-order valence-electron chi connectivity index (χ4n) is 20.7. The molecule has 0 nitrogen and oxygen atoms in total. The van der Waals surface area contributed by atoms with Gasteiger partial charge in [0.2, 0.25) is 0 Å². The summed E-state index contributed by atoms with van der Waals surface area (Å²) in [6.45, 7) is 0. The molecule has 0 heteroatoms. The Hall–Kier alpha value is -15.9. The number of benzene rings is 26. The highest BCUT2D eigenvalue weighted by atomic mass is 14.3. The van der Waals surface area contributed by atoms with Gasteiger partial charge in [-0.3, -0.25) is 0 Å². The first-order valence-corrected chi connectivity index (χ1v) is 42.4. The fourth-order valence-corrected chi connectivity index (χ4v) is 20.7. The van der Waals surface area contributed by atoms with Gasteiger partial charge < -0.3 is 0 Å². The first-order chi connectivity index (χ1) is 60.6. The monoisotopic (exact) mass is 1540 g/mol. The van der Waals surface area contributed by atoms with Gasteiger partial charge in [0.05, 0.1) is 0 Å². The Bertz CT molecular complexity index is 8400. The van der Waals surface area contributed by atoms with Crippen molar-refractivity contribution in [2.75, 3.05) is 0 Å². The van der Waals surface area contributed by atoms with Gasteiger partial charge in [-0.2, -0.15) is 0 Å². The molecule has 26 rings (SSSR count). The van der Waals surface area contributed by atoms with Crippen LogP contribution >= 0.6 is 0 Å². The SMILES string of the molecule is c1cc(-c2c3ccccc3c(-c3ccc4ccccc4c3)c3ccccc23)cc(-c2cc3ccccc3c3ccccc23)c1.c1ccc(-c2c3ccccc3c(-c3ccc4ccc5cccc6ccc3c4c56)c3ccccc23)cc1.c1ccc2c(c1)cc(-c1c3ccccc3c(-c3cc4ccccc4c4ccccc34)c3ccccc13)c1ccccc12. The minimum absolute atomic E-state index is 1.23. The second kappa shape index (κ2) is 29.0. The van der Waals surface area contributed by atoms with Gasteiger partial charge in [-0.15, -0.1) is 0 Å². The van der Waals surface area contributed by atoms with Gasteiger partial charge in [0.15, 0.2) is 0 Å². The van der Waals surface area contributed by atoms with E-state index in [1.165, 1.54) is 250 Å². The highest BCUT2D eigenvalue weighted by molar-refractivity contribution is 6.32. The van der Waals surface area contributed by atoms with E-state index in [2.05, 4.69) is 461 Å². The van der Waals surface area contributed by atoms with Gasteiger partial charge in [-0.1, -0.05) is 431 Å². The van der Waals surface area contributed by atoms with Crippen LogP contribution in [0.4, 0.5) is 0 Å². The second-order valence-electron chi connectivity index (χ2n) is 32.6. The third-order valence-electron chi connectivity index (χ3n) is 26.0. The zero-order chi connectivity index (χ0) is 80.3. The maximum absolute atomic E-state index is 2.40. The van der Waals surface area contributed by atoms with Crippen molar-refractivity contribution in [3.05, 3.63) is 461 Å². The number of rotatable bonds is 7. The van der Waals surface area contributed by atoms with E-state index in [4.69, 9.17) is 0 Å². The number of hydrogen-bond donors (Lipinski definition) is 0. The van der Waals surface area contributed by atoms with Gasteiger partial charge in [0.1, 0.15) is 0 Å². The Kier molecular flexibility index (Phi) is 16.7. The van der Waals surface area contributed by atoms with Crippen LogP contribution in [0.2, 0.25) is 0 Å². The zero-order valence-electron chi connectivity index (χ0n) is 66.9. The van der Waals surface area contributed by atoms with Gasteiger partial charge >= 0.3 is 0 Å². The first-order valence-electron chi connectivity index (χ1n) is 42.4. The Balaban J connectivity index is 0.000000104. The largest absolute Gasteiger partial charge is 0.0622 e. The molecular weight excluding hydrogens is 1470 g/mol. The van der Waals surface area contributed by atoms with Crippen LogP contribution in [0, 0.1) is 0 Å². The highest BCUT2D eigenvalue weighted by Crippen LogP contribution is 2.52. The maximum Gasteiger partial charge on any atom is -0.00199 e. The van der Waals surface area contributed by atoms with Crippen molar-refractivity contribution in [2.45, 2.75) is 0 Å². The molecule has 0 radical (unpaired) electrons. The average molecular weight is 1540 g/mol. The van der Waals surface area contributed by atoms with Crippen LogP contribution in [0.1, 0.15) is 0 Å². The standard InChI is InChI=1S/C44H28.C42H26.C36H22/c1-2-13-30-26-34(25-24-29(30)12-1)44-40-22-9-7-20-38(40)43(39-21-8-10-23-41(39)44)33-16-11-15-31(27-33)42-28-32-14-3-4-17-35(32)36-18-5-6-19-37(36)42;1-3-15-29-27(13-1)25-39(33-19-7-5-17-31(29)33)41-35-21-9-11-23-37(35)42(38-24-12-10-22-36(38)41)40-26-28-14-2-4-16-30(28)32-18-6-8-20-34(32)40;1-2-9-23(10-3-1)34-27-13-4-6-15-29(27)36(30-16-7-5-14-28(30)34)32-22-20-26-18-17-24-11-8-12-25-19-21-31(32)35(26)33(24)25/h1-28H;1-26H;1-22H. The molecule has 0 saturated heterocycles. The Morgan fingerprint density at radius 3 is 0.787 bits per heavy atom. The third kappa shape index (κ3) is 11.4. The third-order valence-corrected chi connectivity index (χ3v) is 26.0. The summed E-state index contributed by atoms with van der Waals surface area (Å²) < 4.78 is 0. The topological polar surface area (TPSA) is 0 Å². The molecule has 0 heterocycles. The summed E-state index contributed by atoms with van der Waals surface area (Å²) in [5.74, 6) is 0. The molecule has 0 aliphatic heterocycles. The molecule has 0 saturated carbocycles. The van der Waals surface area contributed by atoms with Crippen LogP contribution in [0.15, 0.2) is 461 Å². The summed E-state index contributed by atoms with van der Waals surface area (Å²) in [7, 11) is 0. The second-order valence-corrected chi connectivity index (χ2v) is 32.6. The molecule has 0 spiro atoms. The molecule has 564 valence electrons. The lowest BCUT2D eigenvalue weighted by molar-refractivity contribution is 1.64. The fraction of sp³-hybridized carbons (Fsp3) is 0. The van der Waals surface area contributed by atoms with E-state index in [-0.39, 0.29) is 0 Å². The summed E-state index contributed by atoms with van der Waals surface area (Å²) in [4.78, 5) is 0. The lowest BCUT2D eigenvalue weighted by Gasteiger charge is -2.21. The van der Waals surface area contributed by atoms with E-state index in [0.29, 0.717) is 0 Å². The zero-order valence-corrected chi connectivity index (χ0v) is 66.9. The lowest BCUT2D eigenvalue weighted by atomic mass is 9.82. The molecule has 0 aromatic heterocycles. The Morgan fingerprint density at radius 2 is 0.352 bits per heavy atom. The minimum atomic E-state index is 1.23. The predicted octanol–water partition coefficient (Wildman–Crippen LogP) is 34.6. The molecule has 0 fully saturated rings. The van der Waals surface area contributed by atoms with Gasteiger partial charge in [-0.05, 0) is 281 Å². The van der Waals surface area contributed by atoms with Crippen LogP contribution in [0.3, 0.4) is 0 Å². The molecule has 0 N–H and O–H groups in total. The van der Waals surface area contributed by atoms with E-state index in [1.807, 2.05) is 0 Å². The quantitative estimate of drug-likeness (QED) is 0.110. The summed E-state index contributed by atoms with van der Waals surface area (Å²) in [5.41, 5.74) is 17.9. The van der Waals surface area contributed by atoms with Crippen LogP contribution in [-0.2, 0) is 0 Å². The average Bonchev–Trinajstić information content (AvgIpc) is 0.719. The van der Waals surface area contributed by atoms with Gasteiger partial charge in [0, 0.05) is 0 Å². The van der Waals surface area contributed by atoms with Crippen molar-refractivity contribution in [2.24, 2.45) is 0 Å². The van der Waals surface area contributed by atoms with E-state index in [9.17, 15) is 0 Å². The van der Waals surface area contributed by atoms with Crippen molar-refractivity contribution in [3.63, 3.8) is 0 Å². The van der Waals surface area contributed by atoms with Crippen molar-refractivity contribution < 1.29 is 0 Å². The Labute approximate surface area is 706 Å². The van der Waals surface area contributed by atoms with Crippen molar-refractivity contribution in [1.29, 1.82) is 0 Å². The normalized spacial score (nSPS) is 11.8. The van der Waals surface area contributed by atoms with Crippen molar-refractivity contribution in [3.8, 4) is 77.9 Å². The molecular formula is C122H76. The van der Waals surface area contributed by atoms with Crippen molar-refractivity contribution in [1.82, 2.24) is 0 Å². The molecule has 0 atom stereocenters. The number of hydrogen-bond acceptors (Lipinski definition) is 0. The summed E-state index contributed by atoms with van der Waals surface area (Å²) in [6, 6.07) is 169. The first kappa shape index (κ1) is 70.4. The van der Waals surface area contributed by atoms with E-state index in [0.717, 1.165) is 0 Å². The van der Waals surface area contributed by atoms with Crippen LogP contribution in [-0.4, -0.2) is 0 Å². The van der Waals surface area contributed by atoms with Crippen molar-refractivity contribution >= 4 is 172 Å². The van der Waals surface area contributed by atoms with E-state index in [1.54, 1.807) is 0 Å².